The van der Waals surface area contributed by atoms with Gasteiger partial charge >= 0.3 is 12.3 Å². The van der Waals surface area contributed by atoms with Crippen molar-refractivity contribution in [2.45, 2.75) is 44.3 Å². The zero-order valence-electron chi connectivity index (χ0n) is 16.2. The van der Waals surface area contributed by atoms with E-state index in [-0.39, 0.29) is 34.4 Å². The molecule has 0 saturated carbocycles. The molecular weight excluding hydrogens is 509 g/mol. The molecule has 0 aliphatic carbocycles. The topological polar surface area (TPSA) is 108 Å². The number of pyridine rings is 1. The van der Waals surface area contributed by atoms with Gasteiger partial charge < -0.3 is 10.4 Å². The molecule has 0 aromatic carbocycles. The van der Waals surface area contributed by atoms with Gasteiger partial charge in [-0.05, 0) is 28.9 Å². The predicted molar refractivity (Wildman–Crippen MR) is 102 cm³/mol. The van der Waals surface area contributed by atoms with Crippen LogP contribution >= 0.6 is 15.9 Å². The summed E-state index contributed by atoms with van der Waals surface area (Å²) in [6.07, 6.45) is -6.42. The maximum atomic E-state index is 14.5. The summed E-state index contributed by atoms with van der Waals surface area (Å²) in [7, 11) is 0. The van der Waals surface area contributed by atoms with Gasteiger partial charge in [0.1, 0.15) is 16.8 Å². The molecule has 2 amide bonds. The molecule has 0 bridgehead atoms. The minimum atomic E-state index is -4.76. The highest BCUT2D eigenvalue weighted by molar-refractivity contribution is 9.10. The average Bonchev–Trinajstić information content (AvgIpc) is 3.02. The number of carboxylic acid groups (broad SMARTS) is 1. The minimum Gasteiger partial charge on any atom is -0.465 e. The summed E-state index contributed by atoms with van der Waals surface area (Å²) >= 11 is 2.90. The van der Waals surface area contributed by atoms with Crippen LogP contribution in [-0.4, -0.2) is 55.2 Å². The van der Waals surface area contributed by atoms with Crippen LogP contribution in [0.1, 0.15) is 24.9 Å². The third-order valence-corrected chi connectivity index (χ3v) is 5.43. The van der Waals surface area contributed by atoms with Crippen LogP contribution in [0.15, 0.2) is 23.1 Å². The fourth-order valence-electron chi connectivity index (χ4n) is 3.28. The van der Waals surface area contributed by atoms with Crippen molar-refractivity contribution < 1.29 is 36.6 Å². The number of hydrogen-bond acceptors (Lipinski definition) is 5. The molecule has 1 saturated heterocycles. The lowest BCUT2D eigenvalue weighted by atomic mass is 10.1. The molecular formula is C18H15BrF5N5O3. The molecule has 3 atom stereocenters. The van der Waals surface area contributed by atoms with Gasteiger partial charge in [-0.15, -0.1) is 0 Å². The first-order valence-electron chi connectivity index (χ1n) is 9.07. The van der Waals surface area contributed by atoms with Gasteiger partial charge in [0.15, 0.2) is 5.82 Å². The van der Waals surface area contributed by atoms with Gasteiger partial charge in [-0.2, -0.15) is 13.2 Å². The summed E-state index contributed by atoms with van der Waals surface area (Å²) in [6, 6.07) is -1.06. The third kappa shape index (κ3) is 4.79. The Morgan fingerprint density at radius 3 is 2.50 bits per heavy atom. The monoisotopic (exact) mass is 523 g/mol. The van der Waals surface area contributed by atoms with Gasteiger partial charge in [-0.1, -0.05) is 0 Å². The summed E-state index contributed by atoms with van der Waals surface area (Å²) in [5.41, 5.74) is -0.130. The number of nitrogens with zero attached hydrogens (tertiary/aromatic N) is 4. The fourth-order valence-corrected chi connectivity index (χ4v) is 3.72. The van der Waals surface area contributed by atoms with E-state index < -0.39 is 48.1 Å². The van der Waals surface area contributed by atoms with Crippen molar-refractivity contribution in [1.82, 2.24) is 25.2 Å². The van der Waals surface area contributed by atoms with Crippen LogP contribution in [0.3, 0.4) is 0 Å². The van der Waals surface area contributed by atoms with Gasteiger partial charge in [0.2, 0.25) is 11.7 Å². The maximum Gasteiger partial charge on any atom is 0.451 e. The van der Waals surface area contributed by atoms with Gasteiger partial charge in [0, 0.05) is 29.9 Å². The Balaban J connectivity index is 1.79. The van der Waals surface area contributed by atoms with E-state index in [0.717, 1.165) is 17.3 Å². The number of aromatic nitrogens is 3. The standard InChI is InChI=1S/C18H15BrF5N5O3/c1-7-11(20)3-12(29(7)17(31)32)15(30)25-6-9-2-10(13(21)14(19)28-9)8-4-26-16(27-5-8)18(22,23)24/h2,4-5,7,11-12H,3,6H2,1H3,(H,25,30)(H,31,32)/t7-,11+,12-/m0/s1. The molecule has 8 nitrogen and oxygen atoms in total. The first-order valence-corrected chi connectivity index (χ1v) is 9.87. The van der Waals surface area contributed by atoms with Crippen LogP contribution in [0.5, 0.6) is 0 Å². The Labute approximate surface area is 186 Å². The van der Waals surface area contributed by atoms with Crippen molar-refractivity contribution in [3.8, 4) is 11.1 Å². The molecule has 2 aromatic heterocycles. The number of amides is 2. The zero-order valence-corrected chi connectivity index (χ0v) is 17.8. The van der Waals surface area contributed by atoms with Crippen molar-refractivity contribution in [3.05, 3.63) is 40.4 Å². The molecule has 2 aromatic rings. The first-order chi connectivity index (χ1) is 14.9. The molecule has 0 spiro atoms. The first kappa shape index (κ1) is 23.8. The van der Waals surface area contributed by atoms with Crippen LogP contribution in [0, 0.1) is 5.82 Å². The zero-order chi connectivity index (χ0) is 23.8. The Morgan fingerprint density at radius 2 is 1.94 bits per heavy atom. The summed E-state index contributed by atoms with van der Waals surface area (Å²) in [4.78, 5) is 34.8. The van der Waals surface area contributed by atoms with E-state index >= 15 is 0 Å². The lowest BCUT2D eigenvalue weighted by Gasteiger charge is -2.24. The lowest BCUT2D eigenvalue weighted by Crippen LogP contribution is -2.47. The fraction of sp³-hybridized carbons (Fsp3) is 0.389. The molecule has 3 heterocycles. The second-order valence-corrected chi connectivity index (χ2v) is 7.73. The number of rotatable bonds is 4. The molecule has 1 fully saturated rings. The average molecular weight is 524 g/mol. The number of likely N-dealkylation sites (tertiary alicyclic amines) is 1. The highest BCUT2D eigenvalue weighted by Crippen LogP contribution is 2.30. The lowest BCUT2D eigenvalue weighted by molar-refractivity contribution is -0.145. The van der Waals surface area contributed by atoms with Crippen molar-refractivity contribution in [3.63, 3.8) is 0 Å². The normalized spacial score (nSPS) is 21.0. The van der Waals surface area contributed by atoms with Crippen LogP contribution in [0.25, 0.3) is 11.1 Å². The van der Waals surface area contributed by atoms with Crippen molar-refractivity contribution in [2.24, 2.45) is 0 Å². The smallest absolute Gasteiger partial charge is 0.451 e. The van der Waals surface area contributed by atoms with E-state index in [2.05, 4.69) is 36.2 Å². The SMILES string of the molecule is C[C@H]1[C@H](F)C[C@@H](C(=O)NCc2cc(-c3cnc(C(F)(F)F)nc3)c(F)c(Br)n2)N1C(=O)O. The number of carbonyl (C=O) groups excluding carboxylic acids is 1. The summed E-state index contributed by atoms with van der Waals surface area (Å²) in [5, 5.41) is 11.7. The third-order valence-electron chi connectivity index (χ3n) is 4.90. The second kappa shape index (κ2) is 8.92. The molecule has 2 N–H and O–H groups in total. The van der Waals surface area contributed by atoms with Gasteiger partial charge in [0.05, 0.1) is 18.3 Å². The van der Waals surface area contributed by atoms with Gasteiger partial charge in [-0.3, -0.25) is 9.69 Å². The second-order valence-electron chi connectivity index (χ2n) is 6.97. The Morgan fingerprint density at radius 1 is 1.31 bits per heavy atom. The van der Waals surface area contributed by atoms with E-state index in [0.29, 0.717) is 0 Å². The number of nitrogens with one attached hydrogen (secondary N) is 1. The van der Waals surface area contributed by atoms with Crippen LogP contribution in [-0.2, 0) is 17.5 Å². The highest BCUT2D eigenvalue weighted by atomic mass is 79.9. The Bertz CT molecular complexity index is 1040. The van der Waals surface area contributed by atoms with E-state index in [9.17, 15) is 36.6 Å². The van der Waals surface area contributed by atoms with Crippen molar-refractivity contribution in [1.29, 1.82) is 0 Å². The minimum absolute atomic E-state index is 0.0619. The largest absolute Gasteiger partial charge is 0.465 e. The number of halogens is 6. The van der Waals surface area contributed by atoms with E-state index in [1.807, 2.05) is 0 Å². The Kier molecular flexibility index (Phi) is 6.62. The molecule has 3 rings (SSSR count). The van der Waals surface area contributed by atoms with E-state index in [1.54, 1.807) is 0 Å². The van der Waals surface area contributed by atoms with Crippen LogP contribution in [0.4, 0.5) is 26.7 Å². The highest BCUT2D eigenvalue weighted by Gasteiger charge is 2.45. The van der Waals surface area contributed by atoms with E-state index in [4.69, 9.17) is 0 Å². The molecule has 1 aliphatic rings. The Hall–Kier alpha value is -2.90. The predicted octanol–water partition coefficient (Wildman–Crippen LogP) is 3.55. The summed E-state index contributed by atoms with van der Waals surface area (Å²) in [5.74, 6) is -3.03. The number of carbonyl (C=O) groups is 2. The summed E-state index contributed by atoms with van der Waals surface area (Å²) in [6.45, 7) is 1.07. The summed E-state index contributed by atoms with van der Waals surface area (Å²) < 4.78 is 66.0. The van der Waals surface area contributed by atoms with Crippen molar-refractivity contribution >= 4 is 27.9 Å². The molecule has 32 heavy (non-hydrogen) atoms. The maximum absolute atomic E-state index is 14.5. The molecule has 172 valence electrons. The van der Waals surface area contributed by atoms with Crippen LogP contribution in [0.2, 0.25) is 0 Å². The van der Waals surface area contributed by atoms with Crippen molar-refractivity contribution in [2.75, 3.05) is 0 Å². The number of alkyl halides is 4. The van der Waals surface area contributed by atoms with E-state index in [1.165, 1.54) is 13.0 Å². The van der Waals surface area contributed by atoms with Gasteiger partial charge in [0.25, 0.3) is 0 Å². The quantitative estimate of drug-likeness (QED) is 0.468. The molecule has 0 unspecified atom stereocenters. The number of hydrogen-bond donors (Lipinski definition) is 2. The van der Waals surface area contributed by atoms with Gasteiger partial charge in [-0.25, -0.2) is 28.5 Å². The molecule has 1 aliphatic heterocycles. The molecule has 0 radical (unpaired) electrons. The molecule has 14 heteroatoms. The van der Waals surface area contributed by atoms with Crippen LogP contribution < -0.4 is 5.32 Å².